The molecule has 7 nitrogen and oxygen atoms in total. The number of benzene rings is 2. The Labute approximate surface area is 167 Å². The number of carbonyl (C=O) groups excluding carboxylic acids is 2. The molecule has 3 rings (SSSR count). The van der Waals surface area contributed by atoms with Gasteiger partial charge < -0.3 is 20.2 Å². The van der Waals surface area contributed by atoms with Gasteiger partial charge >= 0.3 is 5.63 Å². The van der Waals surface area contributed by atoms with Gasteiger partial charge in [-0.05, 0) is 54.8 Å². The molecule has 150 valence electrons. The zero-order chi connectivity index (χ0) is 20.8. The van der Waals surface area contributed by atoms with Gasteiger partial charge in [-0.3, -0.25) is 9.59 Å². The van der Waals surface area contributed by atoms with Crippen LogP contribution in [0.1, 0.15) is 35.7 Å². The number of unbranched alkanes of at least 4 members (excludes halogenated alkanes) is 1. The number of nitrogens with one attached hydrogen (secondary N) is 1. The van der Waals surface area contributed by atoms with Crippen LogP contribution >= 0.6 is 0 Å². The lowest BCUT2D eigenvalue weighted by molar-refractivity contribution is -0.118. The van der Waals surface area contributed by atoms with Crippen LogP contribution in [0, 0.1) is 0 Å². The highest BCUT2D eigenvalue weighted by atomic mass is 16.5. The summed E-state index contributed by atoms with van der Waals surface area (Å²) >= 11 is 0. The summed E-state index contributed by atoms with van der Waals surface area (Å²) in [6.07, 6.45) is 2.82. The summed E-state index contributed by atoms with van der Waals surface area (Å²) in [5.74, 6) is -0.477. The average Bonchev–Trinajstić information content (AvgIpc) is 2.70. The van der Waals surface area contributed by atoms with Crippen molar-refractivity contribution in [2.75, 3.05) is 11.9 Å². The summed E-state index contributed by atoms with van der Waals surface area (Å²) in [4.78, 5) is 35.0. The minimum Gasteiger partial charge on any atom is -0.484 e. The smallest absolute Gasteiger partial charge is 0.336 e. The minimum atomic E-state index is -0.535. The molecule has 0 atom stereocenters. The first-order valence-corrected chi connectivity index (χ1v) is 9.35. The molecule has 3 N–H and O–H groups in total. The van der Waals surface area contributed by atoms with Crippen molar-refractivity contribution in [2.24, 2.45) is 5.73 Å². The molecule has 0 fully saturated rings. The highest BCUT2D eigenvalue weighted by molar-refractivity contribution is 5.95. The molecule has 0 aliphatic heterocycles. The molecule has 0 saturated heterocycles. The Balaban J connectivity index is 1.66. The lowest BCUT2D eigenvalue weighted by atomic mass is 10.0. The molecule has 2 aromatic carbocycles. The van der Waals surface area contributed by atoms with Crippen molar-refractivity contribution in [1.29, 1.82) is 0 Å². The average molecular weight is 394 g/mol. The van der Waals surface area contributed by atoms with Gasteiger partial charge in [0.2, 0.25) is 5.91 Å². The minimum absolute atomic E-state index is 0.219. The predicted octanol–water partition coefficient (Wildman–Crippen LogP) is 3.25. The molecule has 3 aromatic rings. The third-order valence-electron chi connectivity index (χ3n) is 4.42. The van der Waals surface area contributed by atoms with Crippen molar-refractivity contribution in [3.8, 4) is 5.75 Å². The summed E-state index contributed by atoms with van der Waals surface area (Å²) < 4.78 is 10.8. The van der Waals surface area contributed by atoms with Crippen LogP contribution in [0.2, 0.25) is 0 Å². The molecular weight excluding hydrogens is 372 g/mol. The third-order valence-corrected chi connectivity index (χ3v) is 4.42. The number of hydrogen-bond acceptors (Lipinski definition) is 5. The first kappa shape index (κ1) is 20.1. The Morgan fingerprint density at radius 1 is 1.10 bits per heavy atom. The molecule has 0 bridgehead atoms. The predicted molar refractivity (Wildman–Crippen MR) is 110 cm³/mol. The van der Waals surface area contributed by atoms with Crippen molar-refractivity contribution in [2.45, 2.75) is 26.2 Å². The van der Waals surface area contributed by atoms with Gasteiger partial charge in [-0.25, -0.2) is 4.79 Å². The number of rotatable bonds is 8. The van der Waals surface area contributed by atoms with Gasteiger partial charge in [-0.1, -0.05) is 13.3 Å². The van der Waals surface area contributed by atoms with E-state index in [1.54, 1.807) is 24.3 Å². The van der Waals surface area contributed by atoms with Gasteiger partial charge in [0.25, 0.3) is 5.91 Å². The first-order valence-electron chi connectivity index (χ1n) is 9.35. The third kappa shape index (κ3) is 5.22. The monoisotopic (exact) mass is 394 g/mol. The highest BCUT2D eigenvalue weighted by Gasteiger charge is 2.09. The van der Waals surface area contributed by atoms with Crippen LogP contribution in [-0.4, -0.2) is 18.4 Å². The van der Waals surface area contributed by atoms with Crippen LogP contribution in [0.25, 0.3) is 11.0 Å². The van der Waals surface area contributed by atoms with Crippen molar-refractivity contribution in [3.05, 3.63) is 70.1 Å². The number of anilines is 1. The second-order valence-electron chi connectivity index (χ2n) is 6.63. The maximum absolute atomic E-state index is 12.1. The van der Waals surface area contributed by atoms with Crippen LogP contribution < -0.4 is 21.4 Å². The van der Waals surface area contributed by atoms with Crippen molar-refractivity contribution < 1.29 is 18.7 Å². The molecule has 0 radical (unpaired) electrons. The molecule has 7 heteroatoms. The fourth-order valence-corrected chi connectivity index (χ4v) is 2.94. The second-order valence-corrected chi connectivity index (χ2v) is 6.63. The van der Waals surface area contributed by atoms with Gasteiger partial charge in [0.05, 0.1) is 0 Å². The van der Waals surface area contributed by atoms with E-state index in [0.717, 1.165) is 30.2 Å². The number of nitrogens with two attached hydrogens (primary N) is 1. The van der Waals surface area contributed by atoms with Crippen LogP contribution in [0.15, 0.2) is 57.7 Å². The lowest BCUT2D eigenvalue weighted by Crippen LogP contribution is -2.20. The highest BCUT2D eigenvalue weighted by Crippen LogP contribution is 2.24. The first-order chi connectivity index (χ1) is 14.0. The number of amides is 2. The number of primary amides is 1. The summed E-state index contributed by atoms with van der Waals surface area (Å²) in [7, 11) is 0. The maximum Gasteiger partial charge on any atom is 0.336 e. The van der Waals surface area contributed by atoms with Crippen LogP contribution in [-0.2, 0) is 11.2 Å². The molecule has 0 spiro atoms. The van der Waals surface area contributed by atoms with Crippen molar-refractivity contribution in [3.63, 3.8) is 0 Å². The maximum atomic E-state index is 12.1. The van der Waals surface area contributed by atoms with E-state index in [1.165, 1.54) is 18.2 Å². The van der Waals surface area contributed by atoms with Crippen LogP contribution in [0.3, 0.4) is 0 Å². The van der Waals surface area contributed by atoms with E-state index in [-0.39, 0.29) is 12.5 Å². The summed E-state index contributed by atoms with van der Waals surface area (Å²) in [6, 6.07) is 12.9. The molecule has 29 heavy (non-hydrogen) atoms. The SMILES string of the molecule is CCCCc1cc(=O)oc2cc(OCC(=O)Nc3ccc(C(N)=O)cc3)ccc12. The standard InChI is InChI=1S/C22H22N2O5/c1-2-3-4-15-11-21(26)29-19-12-17(9-10-18(15)19)28-13-20(25)24-16-7-5-14(6-8-16)22(23)27/h5-12H,2-4,13H2,1H3,(H2,23,27)(H,24,25). The fraction of sp³-hybridized carbons (Fsp3) is 0.227. The van der Waals surface area contributed by atoms with E-state index >= 15 is 0 Å². The molecule has 0 aliphatic rings. The summed E-state index contributed by atoms with van der Waals surface area (Å²) in [6.45, 7) is 1.87. The lowest BCUT2D eigenvalue weighted by Gasteiger charge is -2.09. The van der Waals surface area contributed by atoms with E-state index in [9.17, 15) is 14.4 Å². The molecule has 0 saturated carbocycles. The number of fused-ring (bicyclic) bond motifs is 1. The van der Waals surface area contributed by atoms with Crippen molar-refractivity contribution >= 4 is 28.5 Å². The molecule has 1 heterocycles. The zero-order valence-electron chi connectivity index (χ0n) is 16.1. The zero-order valence-corrected chi connectivity index (χ0v) is 16.1. The number of hydrogen-bond donors (Lipinski definition) is 2. The van der Waals surface area contributed by atoms with E-state index in [1.807, 2.05) is 6.07 Å². The summed E-state index contributed by atoms with van der Waals surface area (Å²) in [5, 5.41) is 3.53. The normalized spacial score (nSPS) is 10.7. The second kappa shape index (κ2) is 9.05. The van der Waals surface area contributed by atoms with Crippen LogP contribution in [0.5, 0.6) is 5.75 Å². The summed E-state index contributed by atoms with van der Waals surface area (Å²) in [5.41, 5.74) is 7.04. The van der Waals surface area contributed by atoms with Gasteiger partial charge in [0.1, 0.15) is 11.3 Å². The Morgan fingerprint density at radius 2 is 1.86 bits per heavy atom. The van der Waals surface area contributed by atoms with Gasteiger partial charge in [0.15, 0.2) is 6.61 Å². The van der Waals surface area contributed by atoms with Gasteiger partial charge in [-0.2, -0.15) is 0 Å². The van der Waals surface area contributed by atoms with Gasteiger partial charge in [-0.15, -0.1) is 0 Å². The number of ether oxygens (including phenoxy) is 1. The quantitative estimate of drug-likeness (QED) is 0.570. The van der Waals surface area contributed by atoms with Crippen LogP contribution in [0.4, 0.5) is 5.69 Å². The fourth-order valence-electron chi connectivity index (χ4n) is 2.94. The Kier molecular flexibility index (Phi) is 6.29. The number of aryl methyl sites for hydroxylation is 1. The van der Waals surface area contributed by atoms with E-state index in [0.29, 0.717) is 22.6 Å². The molecule has 0 unspecified atom stereocenters. The van der Waals surface area contributed by atoms with E-state index in [2.05, 4.69) is 12.2 Å². The Hall–Kier alpha value is -3.61. The largest absolute Gasteiger partial charge is 0.484 e. The van der Waals surface area contributed by atoms with Crippen molar-refractivity contribution in [1.82, 2.24) is 0 Å². The molecule has 2 amide bonds. The topological polar surface area (TPSA) is 112 Å². The van der Waals surface area contributed by atoms with E-state index < -0.39 is 11.5 Å². The Bertz CT molecular complexity index is 1090. The molecule has 1 aromatic heterocycles. The number of carbonyl (C=O) groups is 2. The van der Waals surface area contributed by atoms with E-state index in [4.69, 9.17) is 14.9 Å². The Morgan fingerprint density at radius 3 is 2.55 bits per heavy atom. The molecular formula is C22H22N2O5. The molecule has 0 aliphatic carbocycles. The van der Waals surface area contributed by atoms with Gasteiger partial charge in [0, 0.05) is 28.8 Å².